The lowest BCUT2D eigenvalue weighted by molar-refractivity contribution is -0.131. The van der Waals surface area contributed by atoms with Gasteiger partial charge in [-0.2, -0.15) is 0 Å². The van der Waals surface area contributed by atoms with Crippen LogP contribution in [0.3, 0.4) is 0 Å². The number of likely N-dealkylation sites (tertiary alicyclic amines) is 2. The van der Waals surface area contributed by atoms with Crippen LogP contribution in [0, 0.1) is 5.92 Å². The van der Waals surface area contributed by atoms with E-state index in [-0.39, 0.29) is 30.9 Å². The van der Waals surface area contributed by atoms with Crippen LogP contribution in [0.1, 0.15) is 71.6 Å². The van der Waals surface area contributed by atoms with Crippen molar-refractivity contribution in [1.82, 2.24) is 25.8 Å². The molecule has 3 saturated heterocycles. The molecule has 0 aromatic carbocycles. The van der Waals surface area contributed by atoms with Crippen LogP contribution < -0.4 is 27.4 Å². The van der Waals surface area contributed by atoms with Crippen LogP contribution in [0.25, 0.3) is 0 Å². The van der Waals surface area contributed by atoms with Gasteiger partial charge in [-0.25, -0.2) is 8.78 Å². The maximum atomic E-state index is 15.4. The van der Waals surface area contributed by atoms with Gasteiger partial charge in [0.15, 0.2) is 0 Å². The van der Waals surface area contributed by atoms with E-state index in [0.717, 1.165) is 45.1 Å². The van der Waals surface area contributed by atoms with Crippen molar-refractivity contribution < 1.29 is 18.4 Å². The molecule has 0 bridgehead atoms. The number of carbonyl (C=O) groups excluding carboxylic acids is 2. The van der Waals surface area contributed by atoms with Gasteiger partial charge < -0.3 is 32.3 Å². The van der Waals surface area contributed by atoms with Gasteiger partial charge in [0.2, 0.25) is 11.8 Å². The van der Waals surface area contributed by atoms with Crippen LogP contribution in [0.4, 0.5) is 8.78 Å². The van der Waals surface area contributed by atoms with Crippen LogP contribution >= 0.6 is 0 Å². The number of nitrogens with zero attached hydrogens (tertiary/aromatic N) is 2. The first-order valence-corrected chi connectivity index (χ1v) is 15.0. The fourth-order valence-corrected chi connectivity index (χ4v) is 6.20. The Morgan fingerprint density at radius 3 is 2.54 bits per heavy atom. The van der Waals surface area contributed by atoms with Gasteiger partial charge in [0.1, 0.15) is 18.3 Å². The highest BCUT2D eigenvalue weighted by Crippen LogP contribution is 2.26. The average molecular weight is 556 g/mol. The molecular weight excluding hydrogens is 504 g/mol. The second-order valence-electron chi connectivity index (χ2n) is 11.4. The van der Waals surface area contributed by atoms with Gasteiger partial charge in [-0.05, 0) is 32.1 Å². The van der Waals surface area contributed by atoms with Crippen LogP contribution in [0.2, 0.25) is 0 Å². The Labute approximate surface area is 232 Å². The normalized spacial score (nSPS) is 27.2. The molecule has 39 heavy (non-hydrogen) atoms. The van der Waals surface area contributed by atoms with E-state index in [0.29, 0.717) is 44.6 Å². The number of piperidine rings is 2. The van der Waals surface area contributed by atoms with E-state index >= 15 is 4.39 Å². The molecule has 0 aliphatic carbocycles. The molecule has 5 unspecified atom stereocenters. The third kappa shape index (κ3) is 8.83. The van der Waals surface area contributed by atoms with Crippen molar-refractivity contribution in [2.24, 2.45) is 17.4 Å². The monoisotopic (exact) mass is 555 g/mol. The summed E-state index contributed by atoms with van der Waals surface area (Å²) in [5.74, 6) is -1.06. The minimum absolute atomic E-state index is 0.0840. The second-order valence-corrected chi connectivity index (χ2v) is 11.4. The van der Waals surface area contributed by atoms with E-state index in [1.54, 1.807) is 0 Å². The first-order valence-electron chi connectivity index (χ1n) is 15.0. The molecule has 0 aromatic rings. The van der Waals surface area contributed by atoms with Crippen molar-refractivity contribution in [1.29, 1.82) is 0 Å². The number of carbonyl (C=O) groups is 2. The summed E-state index contributed by atoms with van der Waals surface area (Å²) in [7, 11) is 0. The van der Waals surface area contributed by atoms with Gasteiger partial charge in [-0.1, -0.05) is 39.2 Å². The first kappa shape index (κ1) is 31.7. The Bertz CT molecular complexity index is 807. The number of alkyl halides is 2. The van der Waals surface area contributed by atoms with Crippen LogP contribution in [0.5, 0.6) is 0 Å². The molecule has 0 saturated carbocycles. The zero-order valence-electron chi connectivity index (χ0n) is 23.8. The van der Waals surface area contributed by atoms with Gasteiger partial charge in [0.05, 0.1) is 18.2 Å². The van der Waals surface area contributed by atoms with Crippen molar-refractivity contribution in [3.8, 4) is 0 Å². The third-order valence-corrected chi connectivity index (χ3v) is 8.34. The minimum Gasteiger partial charge on any atom is -0.385 e. The maximum Gasteiger partial charge on any atom is 0.232 e. The smallest absolute Gasteiger partial charge is 0.232 e. The molecule has 3 rings (SSSR count). The Morgan fingerprint density at radius 2 is 1.92 bits per heavy atom. The molecule has 2 amide bonds. The number of allylic oxidation sites excluding steroid dienone is 1. The van der Waals surface area contributed by atoms with Gasteiger partial charge >= 0.3 is 0 Å². The van der Waals surface area contributed by atoms with Crippen molar-refractivity contribution in [2.45, 2.75) is 108 Å². The highest BCUT2D eigenvalue weighted by atomic mass is 19.1. The highest BCUT2D eigenvalue weighted by Gasteiger charge is 2.42. The molecule has 3 fully saturated rings. The molecular formula is C28H51F2N7O2. The van der Waals surface area contributed by atoms with E-state index in [1.165, 1.54) is 0 Å². The molecule has 11 heteroatoms. The number of unbranched alkanes of at least 4 members (excludes halogenated alkanes) is 2. The molecule has 3 heterocycles. The highest BCUT2D eigenvalue weighted by molar-refractivity contribution is 5.82. The van der Waals surface area contributed by atoms with Gasteiger partial charge in [0, 0.05) is 57.4 Å². The van der Waals surface area contributed by atoms with Crippen LogP contribution in [0.15, 0.2) is 11.8 Å². The molecule has 7 N–H and O–H groups in total. The molecule has 9 nitrogen and oxygen atoms in total. The Balaban J connectivity index is 1.67. The lowest BCUT2D eigenvalue weighted by Crippen LogP contribution is -2.67. The number of rotatable bonds is 14. The number of halogens is 2. The predicted molar refractivity (Wildman–Crippen MR) is 150 cm³/mol. The largest absolute Gasteiger partial charge is 0.385 e. The first-order chi connectivity index (χ1) is 18.8. The van der Waals surface area contributed by atoms with E-state index in [2.05, 4.69) is 20.9 Å². The fourth-order valence-electron chi connectivity index (χ4n) is 6.20. The number of hydrogen-bond donors (Lipinski definition) is 5. The Morgan fingerprint density at radius 1 is 1.18 bits per heavy atom. The Hall–Kier alpha value is -1.82. The molecule has 3 aliphatic heterocycles. The van der Waals surface area contributed by atoms with E-state index in [9.17, 15) is 14.0 Å². The topological polar surface area (TPSA) is 129 Å². The van der Waals surface area contributed by atoms with E-state index in [1.807, 2.05) is 24.8 Å². The maximum absolute atomic E-state index is 15.4. The summed E-state index contributed by atoms with van der Waals surface area (Å²) in [6.07, 6.45) is 5.52. The fraction of sp³-hybridized carbons (Fsp3) is 0.857. The zero-order valence-corrected chi connectivity index (χ0v) is 23.8. The SMILES string of the molecule is CCC/C=C(\NCC(F)CCCC)C(C(=O)NC1CNCC(F)C1N1CCC(N2CCCC2=O)CC1)C(N)N. The summed E-state index contributed by atoms with van der Waals surface area (Å²) in [5.41, 5.74) is 12.7. The molecule has 0 aromatic heterocycles. The van der Waals surface area contributed by atoms with Crippen LogP contribution in [-0.4, -0.2) is 97.5 Å². The summed E-state index contributed by atoms with van der Waals surface area (Å²) in [6, 6.07) is -0.753. The molecule has 5 atom stereocenters. The number of nitrogens with two attached hydrogens (primary N) is 2. The third-order valence-electron chi connectivity index (χ3n) is 8.34. The molecule has 0 radical (unpaired) electrons. The summed E-state index contributed by atoms with van der Waals surface area (Å²) in [5, 5.41) is 9.26. The van der Waals surface area contributed by atoms with Crippen molar-refractivity contribution in [2.75, 3.05) is 39.3 Å². The molecule has 3 aliphatic rings. The predicted octanol–water partition coefficient (Wildman–Crippen LogP) is 1.53. The van der Waals surface area contributed by atoms with Crippen molar-refractivity contribution >= 4 is 11.8 Å². The van der Waals surface area contributed by atoms with Gasteiger partial charge in [0.25, 0.3) is 0 Å². The molecule has 224 valence electrons. The van der Waals surface area contributed by atoms with Gasteiger partial charge in [-0.15, -0.1) is 0 Å². The lowest BCUT2D eigenvalue weighted by atomic mass is 9.92. The second kappa shape index (κ2) is 15.8. The number of amides is 2. The van der Waals surface area contributed by atoms with E-state index < -0.39 is 36.5 Å². The van der Waals surface area contributed by atoms with E-state index in [4.69, 9.17) is 11.5 Å². The minimum atomic E-state index is -1.15. The number of nitrogens with one attached hydrogen (secondary N) is 3. The van der Waals surface area contributed by atoms with Crippen LogP contribution in [-0.2, 0) is 9.59 Å². The standard InChI is InChI=1S/C28H51F2N7O2/c1-3-5-8-19(29)16-34-22(9-6-4-2)25(27(31)32)28(39)35-23-18-33-17-21(30)26(23)36-14-11-20(12-15-36)37-13-7-10-24(37)38/h9,19-21,23,25-27,33-34H,3-8,10-18,31-32H2,1-2H3,(H,35,39)/b22-9-. The van der Waals surface area contributed by atoms with Crippen molar-refractivity contribution in [3.05, 3.63) is 11.8 Å². The van der Waals surface area contributed by atoms with Crippen molar-refractivity contribution in [3.63, 3.8) is 0 Å². The summed E-state index contributed by atoms with van der Waals surface area (Å²) < 4.78 is 29.8. The summed E-state index contributed by atoms with van der Waals surface area (Å²) in [4.78, 5) is 29.9. The molecule has 0 spiro atoms. The van der Waals surface area contributed by atoms with Gasteiger partial charge in [-0.3, -0.25) is 14.5 Å². The average Bonchev–Trinajstić information content (AvgIpc) is 3.34. The zero-order chi connectivity index (χ0) is 28.4. The summed E-state index contributed by atoms with van der Waals surface area (Å²) in [6.45, 7) is 6.93. The summed E-state index contributed by atoms with van der Waals surface area (Å²) >= 11 is 0. The Kier molecular flexibility index (Phi) is 12.9. The lowest BCUT2D eigenvalue weighted by Gasteiger charge is -2.46. The quantitative estimate of drug-likeness (QED) is 0.206. The number of hydrogen-bond acceptors (Lipinski definition) is 7.